The molecule has 21 heavy (non-hydrogen) atoms. The van der Waals surface area contributed by atoms with Crippen LogP contribution in [0.25, 0.3) is 0 Å². The van der Waals surface area contributed by atoms with Crippen LogP contribution < -0.4 is 10.5 Å². The van der Waals surface area contributed by atoms with Crippen LogP contribution in [-0.4, -0.2) is 8.42 Å². The summed E-state index contributed by atoms with van der Waals surface area (Å²) in [5.41, 5.74) is 8.14. The van der Waals surface area contributed by atoms with Crippen LogP contribution >= 0.6 is 11.6 Å². The van der Waals surface area contributed by atoms with Crippen LogP contribution in [0.15, 0.2) is 41.3 Å². The summed E-state index contributed by atoms with van der Waals surface area (Å²) in [4.78, 5) is 0.129. The molecular formula is C15H17ClN2O2S. The van der Waals surface area contributed by atoms with Gasteiger partial charge < -0.3 is 5.73 Å². The Hall–Kier alpha value is -1.72. The van der Waals surface area contributed by atoms with Gasteiger partial charge in [-0.05, 0) is 48.7 Å². The maximum Gasteiger partial charge on any atom is 0.262 e. The van der Waals surface area contributed by atoms with Gasteiger partial charge in [0.05, 0.1) is 15.6 Å². The SMILES string of the molecule is CCc1ccc(NS(=O)(=O)c2cc(N)c(Cl)cc2C)cc1. The third kappa shape index (κ3) is 3.49. The van der Waals surface area contributed by atoms with Crippen molar-refractivity contribution in [3.63, 3.8) is 0 Å². The summed E-state index contributed by atoms with van der Waals surface area (Å²) in [6.07, 6.45) is 0.903. The van der Waals surface area contributed by atoms with Crippen molar-refractivity contribution < 1.29 is 8.42 Å². The quantitative estimate of drug-likeness (QED) is 0.844. The van der Waals surface area contributed by atoms with Crippen molar-refractivity contribution in [2.24, 2.45) is 0 Å². The minimum Gasteiger partial charge on any atom is -0.397 e. The van der Waals surface area contributed by atoms with E-state index in [4.69, 9.17) is 17.3 Å². The van der Waals surface area contributed by atoms with Gasteiger partial charge in [-0.15, -0.1) is 0 Å². The van der Waals surface area contributed by atoms with E-state index < -0.39 is 10.0 Å². The highest BCUT2D eigenvalue weighted by Gasteiger charge is 2.18. The van der Waals surface area contributed by atoms with Gasteiger partial charge in [-0.1, -0.05) is 30.7 Å². The van der Waals surface area contributed by atoms with Gasteiger partial charge in [0.1, 0.15) is 0 Å². The Labute approximate surface area is 130 Å². The summed E-state index contributed by atoms with van der Waals surface area (Å²) < 4.78 is 27.4. The molecule has 0 fully saturated rings. The molecule has 2 rings (SSSR count). The molecule has 0 aromatic heterocycles. The van der Waals surface area contributed by atoms with Crippen molar-refractivity contribution in [1.29, 1.82) is 0 Å². The molecule has 0 heterocycles. The largest absolute Gasteiger partial charge is 0.397 e. The van der Waals surface area contributed by atoms with Crippen molar-refractivity contribution in [3.05, 3.63) is 52.5 Å². The number of hydrogen-bond donors (Lipinski definition) is 2. The minimum atomic E-state index is -3.69. The van der Waals surface area contributed by atoms with Gasteiger partial charge in [0.15, 0.2) is 0 Å². The normalized spacial score (nSPS) is 11.4. The Morgan fingerprint density at radius 2 is 1.81 bits per heavy atom. The highest BCUT2D eigenvalue weighted by molar-refractivity contribution is 7.92. The summed E-state index contributed by atoms with van der Waals surface area (Å²) in [5.74, 6) is 0. The zero-order chi connectivity index (χ0) is 15.6. The smallest absolute Gasteiger partial charge is 0.262 e. The summed E-state index contributed by atoms with van der Waals surface area (Å²) in [7, 11) is -3.69. The molecular weight excluding hydrogens is 308 g/mol. The van der Waals surface area contributed by atoms with Crippen LogP contribution in [0.2, 0.25) is 5.02 Å². The Balaban J connectivity index is 2.35. The number of nitrogens with one attached hydrogen (secondary N) is 1. The average Bonchev–Trinajstić information content (AvgIpc) is 2.43. The molecule has 0 bridgehead atoms. The minimum absolute atomic E-state index is 0.129. The van der Waals surface area contributed by atoms with Crippen molar-refractivity contribution in [3.8, 4) is 0 Å². The summed E-state index contributed by atoms with van der Waals surface area (Å²) in [6.45, 7) is 3.72. The second-order valence-electron chi connectivity index (χ2n) is 4.80. The fourth-order valence-electron chi connectivity index (χ4n) is 1.98. The maximum absolute atomic E-state index is 12.4. The standard InChI is InChI=1S/C15H17ClN2O2S/c1-3-11-4-6-12(7-5-11)18-21(19,20)15-9-14(17)13(16)8-10(15)2/h4-9,18H,3,17H2,1-2H3. The van der Waals surface area contributed by atoms with Crippen LogP contribution in [0.4, 0.5) is 11.4 Å². The van der Waals surface area contributed by atoms with Crippen molar-refractivity contribution in [2.75, 3.05) is 10.5 Å². The van der Waals surface area contributed by atoms with Crippen LogP contribution in [0.5, 0.6) is 0 Å². The fraction of sp³-hybridized carbons (Fsp3) is 0.200. The molecule has 0 aliphatic rings. The first-order chi connectivity index (χ1) is 9.83. The Kier molecular flexibility index (Phi) is 4.44. The molecule has 0 radical (unpaired) electrons. The van der Waals surface area contributed by atoms with Gasteiger partial charge in [0.25, 0.3) is 10.0 Å². The highest BCUT2D eigenvalue weighted by atomic mass is 35.5. The van der Waals surface area contributed by atoms with E-state index in [2.05, 4.69) is 4.72 Å². The predicted octanol–water partition coefficient (Wildman–Crippen LogP) is 3.59. The van der Waals surface area contributed by atoms with Gasteiger partial charge in [-0.2, -0.15) is 0 Å². The number of rotatable bonds is 4. The maximum atomic E-state index is 12.4. The van der Waals surface area contributed by atoms with E-state index >= 15 is 0 Å². The number of nitrogens with two attached hydrogens (primary N) is 1. The first-order valence-corrected chi connectivity index (χ1v) is 8.37. The van der Waals surface area contributed by atoms with E-state index in [1.807, 2.05) is 19.1 Å². The van der Waals surface area contributed by atoms with Crippen molar-refractivity contribution >= 4 is 33.0 Å². The molecule has 4 nitrogen and oxygen atoms in total. The number of nitrogen functional groups attached to an aromatic ring is 1. The molecule has 0 saturated heterocycles. The molecule has 0 aliphatic carbocycles. The predicted molar refractivity (Wildman–Crippen MR) is 87.2 cm³/mol. The average molecular weight is 325 g/mol. The molecule has 6 heteroatoms. The number of hydrogen-bond acceptors (Lipinski definition) is 3. The Bertz CT molecular complexity index is 756. The number of aryl methyl sites for hydroxylation is 2. The number of sulfonamides is 1. The lowest BCUT2D eigenvalue weighted by Crippen LogP contribution is -2.14. The van der Waals surface area contributed by atoms with Crippen LogP contribution in [0.1, 0.15) is 18.1 Å². The molecule has 0 saturated carbocycles. The molecule has 2 aromatic rings. The lowest BCUT2D eigenvalue weighted by Gasteiger charge is -2.12. The molecule has 0 spiro atoms. The third-order valence-electron chi connectivity index (χ3n) is 3.20. The van der Waals surface area contributed by atoms with Crippen LogP contribution in [0, 0.1) is 6.92 Å². The molecule has 0 amide bonds. The van der Waals surface area contributed by atoms with Gasteiger partial charge in [0.2, 0.25) is 0 Å². The van der Waals surface area contributed by atoms with E-state index in [9.17, 15) is 8.42 Å². The number of anilines is 2. The molecule has 3 N–H and O–H groups in total. The monoisotopic (exact) mass is 324 g/mol. The van der Waals surface area contributed by atoms with Crippen LogP contribution in [0.3, 0.4) is 0 Å². The number of halogens is 1. The van der Waals surface area contributed by atoms with E-state index in [0.717, 1.165) is 12.0 Å². The third-order valence-corrected chi connectivity index (χ3v) is 5.05. The number of benzene rings is 2. The molecule has 0 unspecified atom stereocenters. The van der Waals surface area contributed by atoms with E-state index in [-0.39, 0.29) is 10.6 Å². The zero-order valence-electron chi connectivity index (χ0n) is 11.9. The van der Waals surface area contributed by atoms with E-state index in [1.54, 1.807) is 25.1 Å². The van der Waals surface area contributed by atoms with Crippen molar-refractivity contribution in [1.82, 2.24) is 0 Å². The second-order valence-corrected chi connectivity index (χ2v) is 6.85. The highest BCUT2D eigenvalue weighted by Crippen LogP contribution is 2.27. The molecule has 2 aromatic carbocycles. The first kappa shape index (κ1) is 15.7. The fourth-order valence-corrected chi connectivity index (χ4v) is 3.52. The van der Waals surface area contributed by atoms with E-state index in [1.165, 1.54) is 6.07 Å². The van der Waals surface area contributed by atoms with Crippen molar-refractivity contribution in [2.45, 2.75) is 25.2 Å². The van der Waals surface area contributed by atoms with Gasteiger partial charge in [0, 0.05) is 5.69 Å². The summed E-state index contributed by atoms with van der Waals surface area (Å²) >= 11 is 5.89. The lowest BCUT2D eigenvalue weighted by molar-refractivity contribution is 0.600. The van der Waals surface area contributed by atoms with Crippen LogP contribution in [-0.2, 0) is 16.4 Å². The molecule has 112 valence electrons. The Morgan fingerprint density at radius 3 is 2.38 bits per heavy atom. The second kappa shape index (κ2) is 5.95. The summed E-state index contributed by atoms with van der Waals surface area (Å²) in [5, 5.41) is 0.346. The van der Waals surface area contributed by atoms with Gasteiger partial charge in [-0.3, -0.25) is 4.72 Å². The topological polar surface area (TPSA) is 72.2 Å². The first-order valence-electron chi connectivity index (χ1n) is 6.51. The molecule has 0 atom stereocenters. The van der Waals surface area contributed by atoms with E-state index in [0.29, 0.717) is 16.3 Å². The van der Waals surface area contributed by atoms with Gasteiger partial charge >= 0.3 is 0 Å². The zero-order valence-corrected chi connectivity index (χ0v) is 13.4. The van der Waals surface area contributed by atoms with Gasteiger partial charge in [-0.25, -0.2) is 8.42 Å². The summed E-state index contributed by atoms with van der Waals surface area (Å²) in [6, 6.07) is 10.2. The Morgan fingerprint density at radius 1 is 1.19 bits per heavy atom. The lowest BCUT2D eigenvalue weighted by atomic mass is 10.2. The molecule has 0 aliphatic heterocycles.